The second-order valence-electron chi connectivity index (χ2n) is 6.05. The number of carbonyl (C=O) groups is 3. The van der Waals surface area contributed by atoms with E-state index in [4.69, 9.17) is 4.74 Å². The van der Waals surface area contributed by atoms with Gasteiger partial charge in [-0.05, 0) is 17.5 Å². The van der Waals surface area contributed by atoms with Crippen LogP contribution in [0.1, 0.15) is 6.92 Å². The summed E-state index contributed by atoms with van der Waals surface area (Å²) in [4.78, 5) is 39.5. The zero-order valence-electron chi connectivity index (χ0n) is 13.7. The standard InChI is InChI=1S/C15H18N2O6S2/c1-9(19)17(10-4-3-5-24-10)15(23-2)11(20)16-6-14(7-18,13(21)22)8-25-12(15)16/h3-5,12,18H,6-8H2,1-2H3,(H,21,22)/t12-,14?,15?/m1/s1. The minimum Gasteiger partial charge on any atom is -0.481 e. The van der Waals surface area contributed by atoms with Crippen LogP contribution < -0.4 is 4.90 Å². The Morgan fingerprint density at radius 1 is 1.52 bits per heavy atom. The molecule has 3 heterocycles. The zero-order valence-corrected chi connectivity index (χ0v) is 15.3. The van der Waals surface area contributed by atoms with Crippen molar-refractivity contribution in [2.24, 2.45) is 5.41 Å². The molecule has 2 saturated heterocycles. The zero-order chi connectivity index (χ0) is 18.4. The van der Waals surface area contributed by atoms with Gasteiger partial charge in [0.1, 0.15) is 15.8 Å². The highest BCUT2D eigenvalue weighted by Crippen LogP contribution is 2.51. The lowest BCUT2D eigenvalue weighted by atomic mass is 9.86. The van der Waals surface area contributed by atoms with Crippen LogP contribution in [0.25, 0.3) is 0 Å². The molecule has 1 aromatic heterocycles. The van der Waals surface area contributed by atoms with Crippen LogP contribution in [-0.4, -0.2) is 70.0 Å². The number of carboxylic acids is 1. The number of aliphatic carboxylic acids is 1. The largest absolute Gasteiger partial charge is 0.481 e. The van der Waals surface area contributed by atoms with Crippen molar-refractivity contribution in [1.82, 2.24) is 4.90 Å². The van der Waals surface area contributed by atoms with Crippen molar-refractivity contribution in [2.75, 3.05) is 30.9 Å². The molecule has 0 radical (unpaired) electrons. The van der Waals surface area contributed by atoms with E-state index in [9.17, 15) is 24.6 Å². The Kier molecular flexibility index (Phi) is 4.56. The first kappa shape index (κ1) is 18.2. The van der Waals surface area contributed by atoms with Crippen molar-refractivity contribution < 1.29 is 29.3 Å². The summed E-state index contributed by atoms with van der Waals surface area (Å²) in [6, 6.07) is 3.50. The van der Waals surface area contributed by atoms with E-state index in [2.05, 4.69) is 0 Å². The minimum absolute atomic E-state index is 0.114. The second-order valence-corrected chi connectivity index (χ2v) is 8.04. The minimum atomic E-state index is -1.50. The maximum atomic E-state index is 12.9. The van der Waals surface area contributed by atoms with Crippen molar-refractivity contribution in [3.63, 3.8) is 0 Å². The highest BCUT2D eigenvalue weighted by molar-refractivity contribution is 8.00. The van der Waals surface area contributed by atoms with Gasteiger partial charge in [-0.3, -0.25) is 19.3 Å². The van der Waals surface area contributed by atoms with E-state index in [0.29, 0.717) is 5.00 Å². The SMILES string of the molecule is COC1(N(C(C)=O)c2cccs2)C(=O)N2CC(CO)(C(=O)O)CS[C@@H]21. The number of thiophene rings is 1. The average Bonchev–Trinajstić information content (AvgIpc) is 3.11. The number of anilines is 1. The van der Waals surface area contributed by atoms with Gasteiger partial charge in [0.25, 0.3) is 11.6 Å². The number of amides is 2. The monoisotopic (exact) mass is 386 g/mol. The molecule has 2 N–H and O–H groups in total. The molecule has 0 aliphatic carbocycles. The lowest BCUT2D eigenvalue weighted by Gasteiger charge is -2.61. The Labute approximate surface area is 152 Å². The lowest BCUT2D eigenvalue weighted by Crippen LogP contribution is -2.83. The van der Waals surface area contributed by atoms with Crippen molar-refractivity contribution in [1.29, 1.82) is 0 Å². The molecular weight excluding hydrogens is 368 g/mol. The molecule has 2 unspecified atom stereocenters. The predicted octanol–water partition coefficient (Wildman–Crippen LogP) is 0.422. The summed E-state index contributed by atoms with van der Waals surface area (Å²) in [5, 5.41) is 20.8. The van der Waals surface area contributed by atoms with Gasteiger partial charge in [-0.25, -0.2) is 0 Å². The summed E-state index contributed by atoms with van der Waals surface area (Å²) in [6.07, 6.45) is 0. The molecule has 3 atom stereocenters. The highest BCUT2D eigenvalue weighted by Gasteiger charge is 2.70. The van der Waals surface area contributed by atoms with E-state index >= 15 is 0 Å². The van der Waals surface area contributed by atoms with Gasteiger partial charge in [-0.15, -0.1) is 23.1 Å². The molecule has 8 nitrogen and oxygen atoms in total. The van der Waals surface area contributed by atoms with Gasteiger partial charge in [0.05, 0.1) is 6.61 Å². The Morgan fingerprint density at radius 3 is 2.72 bits per heavy atom. The second kappa shape index (κ2) is 6.27. The average molecular weight is 386 g/mol. The Hall–Kier alpha value is -1.62. The van der Waals surface area contributed by atoms with Gasteiger partial charge in [0.2, 0.25) is 5.91 Å². The summed E-state index contributed by atoms with van der Waals surface area (Å²) in [5.74, 6) is -1.84. The summed E-state index contributed by atoms with van der Waals surface area (Å²) in [5.41, 5.74) is -2.90. The smallest absolute Gasteiger partial charge is 0.314 e. The van der Waals surface area contributed by atoms with Crippen LogP contribution in [0.3, 0.4) is 0 Å². The third-order valence-corrected chi connectivity index (χ3v) is 7.08. The number of fused-ring (bicyclic) bond motifs is 1. The quantitative estimate of drug-likeness (QED) is 0.558. The van der Waals surface area contributed by atoms with E-state index in [1.807, 2.05) is 0 Å². The van der Waals surface area contributed by atoms with Gasteiger partial charge >= 0.3 is 5.97 Å². The lowest BCUT2D eigenvalue weighted by molar-refractivity contribution is -0.194. The van der Waals surface area contributed by atoms with Crippen LogP contribution in [0.2, 0.25) is 0 Å². The van der Waals surface area contributed by atoms with Crippen LogP contribution in [0.4, 0.5) is 5.00 Å². The number of aliphatic hydroxyl groups is 1. The molecule has 2 amide bonds. The van der Waals surface area contributed by atoms with Crippen LogP contribution in [-0.2, 0) is 19.1 Å². The van der Waals surface area contributed by atoms with Gasteiger partial charge < -0.3 is 19.8 Å². The molecule has 1 aromatic rings. The molecule has 10 heteroatoms. The number of hydrogen-bond donors (Lipinski definition) is 2. The molecule has 0 aromatic carbocycles. The first-order valence-corrected chi connectivity index (χ1v) is 9.43. The van der Waals surface area contributed by atoms with Crippen molar-refractivity contribution in [2.45, 2.75) is 18.0 Å². The first-order valence-electron chi connectivity index (χ1n) is 7.50. The molecule has 136 valence electrons. The molecule has 0 bridgehead atoms. The van der Waals surface area contributed by atoms with Crippen LogP contribution in [0.15, 0.2) is 17.5 Å². The number of nitrogens with zero attached hydrogens (tertiary/aromatic N) is 2. The van der Waals surface area contributed by atoms with Gasteiger partial charge in [0.15, 0.2) is 0 Å². The van der Waals surface area contributed by atoms with Crippen molar-refractivity contribution >= 4 is 45.9 Å². The number of carbonyl (C=O) groups excluding carboxylic acids is 2. The fraction of sp³-hybridized carbons (Fsp3) is 0.533. The maximum Gasteiger partial charge on any atom is 0.314 e. The molecule has 25 heavy (non-hydrogen) atoms. The Bertz CT molecular complexity index is 711. The van der Waals surface area contributed by atoms with E-state index in [-0.39, 0.29) is 18.2 Å². The number of thioether (sulfide) groups is 1. The third kappa shape index (κ3) is 2.39. The number of ether oxygens (including phenoxy) is 1. The van der Waals surface area contributed by atoms with E-state index in [1.165, 1.54) is 46.9 Å². The number of carboxylic acid groups (broad SMARTS) is 1. The third-order valence-electron chi connectivity index (χ3n) is 4.62. The molecule has 2 aliphatic heterocycles. The van der Waals surface area contributed by atoms with Crippen LogP contribution >= 0.6 is 23.1 Å². The Balaban J connectivity index is 1.97. The van der Waals surface area contributed by atoms with Gasteiger partial charge in [0, 0.05) is 26.3 Å². The molecule has 0 saturated carbocycles. The molecule has 2 aliphatic rings. The fourth-order valence-electron chi connectivity index (χ4n) is 3.26. The number of rotatable bonds is 5. The molecule has 3 rings (SSSR count). The normalized spacial score (nSPS) is 31.2. The molecule has 2 fully saturated rings. The van der Waals surface area contributed by atoms with Crippen molar-refractivity contribution in [3.05, 3.63) is 17.5 Å². The summed E-state index contributed by atoms with van der Waals surface area (Å²) >= 11 is 2.51. The highest BCUT2D eigenvalue weighted by atomic mass is 32.2. The maximum absolute atomic E-state index is 12.9. The molecule has 0 spiro atoms. The number of aliphatic hydroxyl groups excluding tert-OH is 1. The predicted molar refractivity (Wildman–Crippen MR) is 92.3 cm³/mol. The summed E-state index contributed by atoms with van der Waals surface area (Å²) in [6.45, 7) is 0.684. The van der Waals surface area contributed by atoms with Crippen molar-refractivity contribution in [3.8, 4) is 0 Å². The fourth-order valence-corrected chi connectivity index (χ4v) is 5.74. The number of methoxy groups -OCH3 is 1. The number of hydrogen-bond acceptors (Lipinski definition) is 7. The van der Waals surface area contributed by atoms with E-state index < -0.39 is 35.0 Å². The first-order chi connectivity index (χ1) is 11.8. The molecular formula is C15H18N2O6S2. The van der Waals surface area contributed by atoms with E-state index in [0.717, 1.165) is 0 Å². The van der Waals surface area contributed by atoms with E-state index in [1.54, 1.807) is 17.5 Å². The summed E-state index contributed by atoms with van der Waals surface area (Å²) in [7, 11) is 1.37. The van der Waals surface area contributed by atoms with Crippen LogP contribution in [0.5, 0.6) is 0 Å². The number of β-lactam (4-membered cyclic amide) rings is 1. The summed E-state index contributed by atoms with van der Waals surface area (Å²) < 4.78 is 5.55. The van der Waals surface area contributed by atoms with Crippen LogP contribution in [0, 0.1) is 5.41 Å². The topological polar surface area (TPSA) is 107 Å². The van der Waals surface area contributed by atoms with Gasteiger partial charge in [-0.2, -0.15) is 0 Å². The van der Waals surface area contributed by atoms with Gasteiger partial charge in [-0.1, -0.05) is 0 Å². The Morgan fingerprint density at radius 2 is 2.24 bits per heavy atom.